The molecule has 46 heavy (non-hydrogen) atoms. The van der Waals surface area contributed by atoms with Crippen LogP contribution < -0.4 is 5.32 Å². The summed E-state index contributed by atoms with van der Waals surface area (Å²) in [4.78, 5) is 77.1. The van der Waals surface area contributed by atoms with Crippen LogP contribution in [-0.2, 0) is 33.5 Å². The standard InChI is InChI=1S/C31H41FN2O11S/c1-17-12-22-21-8-7-19-13-20(36)9-10-28(19,3)30(21,32)24(37)14-29(22,4)31(17,41)25(38)15-44-27(40)23(33-18(2)35)16-46-26(39)6-5-11-45-34(42)43/h9-10,13,17,21-24,37,41H,5-8,11-12,14-16H2,1-4H3,(H,33,35)/t17-,21+,22+,23?,24+,28+,29+,30+,31+/m1/s1. The van der Waals surface area contributed by atoms with E-state index in [0.29, 0.717) is 30.2 Å². The summed E-state index contributed by atoms with van der Waals surface area (Å²) in [6, 6.07) is -1.31. The normalized spacial score (nSPS) is 36.8. The van der Waals surface area contributed by atoms with Crippen molar-refractivity contribution in [2.75, 3.05) is 19.0 Å². The van der Waals surface area contributed by atoms with Crippen LogP contribution in [0.4, 0.5) is 4.39 Å². The summed E-state index contributed by atoms with van der Waals surface area (Å²) in [5, 5.41) is 34.8. The number of aliphatic hydroxyl groups is 2. The van der Waals surface area contributed by atoms with E-state index >= 15 is 4.39 Å². The highest BCUT2D eigenvalue weighted by Crippen LogP contribution is 2.70. The van der Waals surface area contributed by atoms with Crippen LogP contribution in [0.25, 0.3) is 0 Å². The first kappa shape index (κ1) is 35.7. The van der Waals surface area contributed by atoms with Gasteiger partial charge in [-0.25, -0.2) is 9.18 Å². The van der Waals surface area contributed by atoms with Gasteiger partial charge >= 0.3 is 5.97 Å². The number of alkyl halides is 1. The smallest absolute Gasteiger partial charge is 0.329 e. The van der Waals surface area contributed by atoms with E-state index in [1.807, 2.05) is 0 Å². The molecule has 4 aliphatic carbocycles. The van der Waals surface area contributed by atoms with Crippen LogP contribution in [-0.4, -0.2) is 86.2 Å². The van der Waals surface area contributed by atoms with Gasteiger partial charge in [0.25, 0.3) is 5.09 Å². The van der Waals surface area contributed by atoms with Crippen molar-refractivity contribution in [3.05, 3.63) is 33.9 Å². The molecule has 0 aromatic rings. The van der Waals surface area contributed by atoms with Crippen molar-refractivity contribution < 1.29 is 53.2 Å². The molecule has 1 unspecified atom stereocenters. The van der Waals surface area contributed by atoms with Crippen LogP contribution in [0, 0.1) is 38.7 Å². The molecule has 0 aliphatic heterocycles. The van der Waals surface area contributed by atoms with Gasteiger partial charge < -0.3 is 25.1 Å². The number of carbonyl (C=O) groups excluding carboxylic acids is 5. The lowest BCUT2D eigenvalue weighted by atomic mass is 9.44. The van der Waals surface area contributed by atoms with Crippen LogP contribution in [0.5, 0.6) is 0 Å². The number of nitrogens with zero attached hydrogens (tertiary/aromatic N) is 1. The zero-order valence-electron chi connectivity index (χ0n) is 26.3. The molecule has 0 radical (unpaired) electrons. The predicted octanol–water partition coefficient (Wildman–Crippen LogP) is 2.20. The Morgan fingerprint density at radius 3 is 2.61 bits per heavy atom. The van der Waals surface area contributed by atoms with E-state index in [1.54, 1.807) is 20.8 Å². The van der Waals surface area contributed by atoms with Gasteiger partial charge in [0.1, 0.15) is 11.6 Å². The maximum absolute atomic E-state index is 17.4. The lowest BCUT2D eigenvalue weighted by Gasteiger charge is -2.62. The average molecular weight is 669 g/mol. The molecule has 0 spiro atoms. The van der Waals surface area contributed by atoms with E-state index in [0.717, 1.165) is 6.92 Å². The number of aliphatic hydroxyl groups excluding tert-OH is 1. The quantitative estimate of drug-likeness (QED) is 0.119. The molecule has 4 rings (SSSR count). The minimum Gasteiger partial charge on any atom is -0.456 e. The summed E-state index contributed by atoms with van der Waals surface area (Å²) in [5.41, 5.74) is -6.09. The molecule has 1 amide bonds. The number of thioether (sulfide) groups is 1. The zero-order valence-corrected chi connectivity index (χ0v) is 27.1. The number of hydrogen-bond donors (Lipinski definition) is 3. The van der Waals surface area contributed by atoms with Gasteiger partial charge in [0.15, 0.2) is 23.2 Å². The molecule has 254 valence electrons. The fourth-order valence-electron chi connectivity index (χ4n) is 8.51. The highest BCUT2D eigenvalue weighted by Gasteiger charge is 2.75. The van der Waals surface area contributed by atoms with Gasteiger partial charge in [0.2, 0.25) is 11.7 Å². The largest absolute Gasteiger partial charge is 0.456 e. The maximum atomic E-state index is 17.4. The number of ether oxygens (including phenoxy) is 1. The molecule has 0 aromatic heterocycles. The Kier molecular flexibility index (Phi) is 10.2. The summed E-state index contributed by atoms with van der Waals surface area (Å²) in [6.07, 6.45) is 3.49. The number of nitrogens with one attached hydrogen (secondary N) is 1. The molecular weight excluding hydrogens is 627 g/mol. The van der Waals surface area contributed by atoms with Crippen LogP contribution in [0.1, 0.15) is 66.2 Å². The van der Waals surface area contributed by atoms with Crippen molar-refractivity contribution in [3.63, 3.8) is 0 Å². The number of esters is 1. The van der Waals surface area contributed by atoms with E-state index in [1.165, 1.54) is 18.2 Å². The Labute approximate surface area is 269 Å². The summed E-state index contributed by atoms with van der Waals surface area (Å²) >= 11 is 0.700. The summed E-state index contributed by atoms with van der Waals surface area (Å²) in [5.74, 6) is -4.80. The van der Waals surface area contributed by atoms with E-state index < -0.39 is 86.5 Å². The summed E-state index contributed by atoms with van der Waals surface area (Å²) < 4.78 is 22.6. The molecule has 0 bridgehead atoms. The van der Waals surface area contributed by atoms with Gasteiger partial charge in [-0.2, -0.15) is 0 Å². The Hall–Kier alpha value is -3.17. The number of carbonyl (C=O) groups is 5. The van der Waals surface area contributed by atoms with Gasteiger partial charge in [-0.1, -0.05) is 37.3 Å². The van der Waals surface area contributed by atoms with Crippen LogP contribution >= 0.6 is 11.8 Å². The second-order valence-electron chi connectivity index (χ2n) is 13.3. The fourth-order valence-corrected chi connectivity index (χ4v) is 9.37. The van der Waals surface area contributed by atoms with Gasteiger partial charge in [0, 0.05) is 35.8 Å². The highest BCUT2D eigenvalue weighted by atomic mass is 32.2. The molecule has 13 nitrogen and oxygen atoms in total. The van der Waals surface area contributed by atoms with Crippen molar-refractivity contribution in [3.8, 4) is 0 Å². The van der Waals surface area contributed by atoms with Gasteiger partial charge in [-0.05, 0) is 63.0 Å². The zero-order chi connectivity index (χ0) is 34.2. The molecule has 3 saturated carbocycles. The molecule has 3 N–H and O–H groups in total. The monoisotopic (exact) mass is 668 g/mol. The third-order valence-corrected chi connectivity index (χ3v) is 11.8. The SMILES string of the molecule is CC(=O)NC(CSC(=O)CCCO[N+](=O)[O-])C(=O)OCC(=O)[C@@]1(O)[C@H](C)C[C@H]2[C@@H]3CCC4=CC(=O)C=C[C@]4(C)[C@@]3(F)[C@@H](O)C[C@@]21C. The number of amides is 1. The summed E-state index contributed by atoms with van der Waals surface area (Å²) in [6.45, 7) is 5.03. The van der Waals surface area contributed by atoms with Crippen molar-refractivity contribution in [1.29, 1.82) is 0 Å². The number of ketones is 2. The first-order chi connectivity index (χ1) is 21.4. The first-order valence-electron chi connectivity index (χ1n) is 15.3. The first-order valence-corrected chi connectivity index (χ1v) is 16.3. The number of halogens is 1. The average Bonchev–Trinajstić information content (AvgIpc) is 3.18. The Bertz CT molecular complexity index is 1370. The lowest BCUT2D eigenvalue weighted by Crippen LogP contribution is -2.69. The molecule has 15 heteroatoms. The topological polar surface area (TPSA) is 199 Å². The number of Topliss-reactive ketones (excluding diaryl/α,β-unsaturated/α-hetero) is 1. The van der Waals surface area contributed by atoms with Crippen molar-refractivity contribution in [1.82, 2.24) is 5.32 Å². The fraction of sp³-hybridized carbons (Fsp3) is 0.710. The number of allylic oxidation sites excluding steroid dienone is 4. The molecule has 0 heterocycles. The van der Waals surface area contributed by atoms with Crippen LogP contribution in [0.15, 0.2) is 23.8 Å². The predicted molar refractivity (Wildman–Crippen MR) is 161 cm³/mol. The van der Waals surface area contributed by atoms with Crippen LogP contribution in [0.3, 0.4) is 0 Å². The van der Waals surface area contributed by atoms with E-state index in [4.69, 9.17) is 4.74 Å². The number of hydrogen-bond acceptors (Lipinski definition) is 12. The molecule has 4 aliphatic rings. The maximum Gasteiger partial charge on any atom is 0.329 e. The third kappa shape index (κ3) is 6.01. The van der Waals surface area contributed by atoms with E-state index in [9.17, 15) is 44.3 Å². The van der Waals surface area contributed by atoms with Gasteiger partial charge in [0.05, 0.1) is 12.7 Å². The lowest BCUT2D eigenvalue weighted by molar-refractivity contribution is -0.757. The van der Waals surface area contributed by atoms with Gasteiger partial charge in [-0.3, -0.25) is 19.2 Å². The van der Waals surface area contributed by atoms with Crippen molar-refractivity contribution in [2.24, 2.45) is 28.6 Å². The Morgan fingerprint density at radius 2 is 1.96 bits per heavy atom. The summed E-state index contributed by atoms with van der Waals surface area (Å²) in [7, 11) is 0. The van der Waals surface area contributed by atoms with Crippen molar-refractivity contribution >= 4 is 40.3 Å². The minimum atomic E-state index is -2.14. The second kappa shape index (κ2) is 13.1. The minimum absolute atomic E-state index is 0.0691. The molecule has 3 fully saturated rings. The van der Waals surface area contributed by atoms with Crippen molar-refractivity contribution in [2.45, 2.75) is 89.6 Å². The van der Waals surface area contributed by atoms with E-state index in [-0.39, 0.29) is 43.8 Å². The number of rotatable bonds is 12. The molecule has 0 aromatic carbocycles. The third-order valence-electron chi connectivity index (χ3n) is 10.8. The highest BCUT2D eigenvalue weighted by molar-refractivity contribution is 8.13. The molecule has 0 saturated heterocycles. The van der Waals surface area contributed by atoms with Gasteiger partial charge in [-0.15, -0.1) is 10.1 Å². The molecule has 9 atom stereocenters. The van der Waals surface area contributed by atoms with Crippen LogP contribution in [0.2, 0.25) is 0 Å². The number of fused-ring (bicyclic) bond motifs is 5. The Morgan fingerprint density at radius 1 is 1.26 bits per heavy atom. The Balaban J connectivity index is 1.45. The second-order valence-corrected chi connectivity index (χ2v) is 14.4. The van der Waals surface area contributed by atoms with E-state index in [2.05, 4.69) is 10.2 Å². The molecular formula is C31H41FN2O11S.